The average Bonchev–Trinajstić information content (AvgIpc) is 2.40. The molecule has 1 atom stereocenters. The summed E-state index contributed by atoms with van der Waals surface area (Å²) in [5, 5.41) is 9.04. The van der Waals surface area contributed by atoms with Crippen LogP contribution >= 0.6 is 0 Å². The van der Waals surface area contributed by atoms with Crippen LogP contribution in [-0.4, -0.2) is 60.6 Å². The van der Waals surface area contributed by atoms with E-state index in [2.05, 4.69) is 0 Å². The van der Waals surface area contributed by atoms with Gasteiger partial charge < -0.3 is 5.11 Å². The van der Waals surface area contributed by atoms with Crippen molar-refractivity contribution in [2.75, 3.05) is 25.9 Å². The van der Waals surface area contributed by atoms with Crippen molar-refractivity contribution in [2.24, 2.45) is 0 Å². The summed E-state index contributed by atoms with van der Waals surface area (Å²) >= 11 is 0. The molecule has 1 N–H and O–H groups in total. The van der Waals surface area contributed by atoms with Gasteiger partial charge in [0, 0.05) is 32.2 Å². The van der Waals surface area contributed by atoms with Crippen molar-refractivity contribution in [1.82, 2.24) is 9.21 Å². The van der Waals surface area contributed by atoms with Crippen molar-refractivity contribution in [2.45, 2.75) is 19.0 Å². The minimum atomic E-state index is -3.28. The van der Waals surface area contributed by atoms with E-state index in [0.29, 0.717) is 19.6 Å². The molecule has 1 heterocycles. The second kappa shape index (κ2) is 6.55. The van der Waals surface area contributed by atoms with Crippen molar-refractivity contribution < 1.29 is 18.3 Å². The SMILES string of the molecule is CS(=O)(=O)N1CCN(Cc2ccccc2)C(CC(=O)O)C1. The first-order valence-corrected chi connectivity index (χ1v) is 8.66. The van der Waals surface area contributed by atoms with Crippen molar-refractivity contribution in [3.8, 4) is 0 Å². The Hall–Kier alpha value is -1.44. The number of aliphatic carboxylic acids is 1. The zero-order valence-corrected chi connectivity index (χ0v) is 12.8. The zero-order valence-electron chi connectivity index (χ0n) is 12.0. The lowest BCUT2D eigenvalue weighted by Crippen LogP contribution is -2.54. The molecule has 116 valence electrons. The number of carboxylic acids is 1. The predicted octanol–water partition coefficient (Wildman–Crippen LogP) is 0.607. The molecule has 2 rings (SSSR count). The molecular formula is C14H20N2O4S. The molecule has 7 heteroatoms. The number of sulfonamides is 1. The molecule has 1 aliphatic heterocycles. The Balaban J connectivity index is 2.11. The number of benzene rings is 1. The standard InChI is InChI=1S/C14H20N2O4S/c1-21(19,20)16-8-7-15(13(11-16)9-14(17)18)10-12-5-3-2-4-6-12/h2-6,13H,7-11H2,1H3,(H,17,18). The molecule has 0 spiro atoms. The van der Waals surface area contributed by atoms with Crippen molar-refractivity contribution in [3.05, 3.63) is 35.9 Å². The summed E-state index contributed by atoms with van der Waals surface area (Å²) in [4.78, 5) is 13.1. The Bertz CT molecular complexity index is 588. The largest absolute Gasteiger partial charge is 0.481 e. The van der Waals surface area contributed by atoms with Crippen LogP contribution in [-0.2, 0) is 21.4 Å². The summed E-state index contributed by atoms with van der Waals surface area (Å²) in [6.07, 6.45) is 1.11. The van der Waals surface area contributed by atoms with Gasteiger partial charge in [-0.25, -0.2) is 8.42 Å². The number of piperazine rings is 1. The second-order valence-corrected chi connectivity index (χ2v) is 7.31. The number of nitrogens with zero attached hydrogens (tertiary/aromatic N) is 2. The van der Waals surface area contributed by atoms with E-state index in [-0.39, 0.29) is 19.0 Å². The highest BCUT2D eigenvalue weighted by Crippen LogP contribution is 2.18. The molecule has 6 nitrogen and oxygen atoms in total. The van der Waals surface area contributed by atoms with Gasteiger partial charge in [0.05, 0.1) is 12.7 Å². The maximum Gasteiger partial charge on any atom is 0.304 e. The van der Waals surface area contributed by atoms with E-state index >= 15 is 0 Å². The summed E-state index contributed by atoms with van der Waals surface area (Å²) in [7, 11) is -3.28. The van der Waals surface area contributed by atoms with E-state index < -0.39 is 16.0 Å². The molecule has 1 unspecified atom stereocenters. The maximum atomic E-state index is 11.6. The van der Waals surface area contributed by atoms with Crippen molar-refractivity contribution in [1.29, 1.82) is 0 Å². The zero-order chi connectivity index (χ0) is 15.5. The minimum absolute atomic E-state index is 0.0567. The number of rotatable bonds is 5. The first-order chi connectivity index (χ1) is 9.86. The summed E-state index contributed by atoms with van der Waals surface area (Å²) in [5.74, 6) is -0.909. The molecule has 0 radical (unpaired) electrons. The van der Waals surface area contributed by atoms with E-state index in [1.807, 2.05) is 35.2 Å². The third-order valence-electron chi connectivity index (χ3n) is 3.68. The van der Waals surface area contributed by atoms with Crippen LogP contribution in [0.5, 0.6) is 0 Å². The van der Waals surface area contributed by atoms with Crippen LogP contribution in [0.1, 0.15) is 12.0 Å². The van der Waals surface area contributed by atoms with Crippen LogP contribution in [0.4, 0.5) is 0 Å². The van der Waals surface area contributed by atoms with Crippen LogP contribution in [0.3, 0.4) is 0 Å². The lowest BCUT2D eigenvalue weighted by Gasteiger charge is -2.39. The molecular weight excluding hydrogens is 292 g/mol. The first-order valence-electron chi connectivity index (χ1n) is 6.81. The molecule has 0 aliphatic carbocycles. The number of hydrogen-bond donors (Lipinski definition) is 1. The highest BCUT2D eigenvalue weighted by atomic mass is 32.2. The van der Waals surface area contributed by atoms with E-state index in [4.69, 9.17) is 5.11 Å². The molecule has 1 saturated heterocycles. The van der Waals surface area contributed by atoms with E-state index in [1.54, 1.807) is 0 Å². The molecule has 21 heavy (non-hydrogen) atoms. The van der Waals surface area contributed by atoms with Crippen LogP contribution in [0, 0.1) is 0 Å². The smallest absolute Gasteiger partial charge is 0.304 e. The average molecular weight is 312 g/mol. The van der Waals surface area contributed by atoms with Gasteiger partial charge in [-0.05, 0) is 5.56 Å². The maximum absolute atomic E-state index is 11.6. The fraction of sp³-hybridized carbons (Fsp3) is 0.500. The Kier molecular flexibility index (Phi) is 4.97. The number of carbonyl (C=O) groups is 1. The summed E-state index contributed by atoms with van der Waals surface area (Å²) in [5.41, 5.74) is 1.10. The molecule has 1 aliphatic rings. The third kappa shape index (κ3) is 4.52. The van der Waals surface area contributed by atoms with E-state index in [0.717, 1.165) is 11.8 Å². The van der Waals surface area contributed by atoms with E-state index in [9.17, 15) is 13.2 Å². The van der Waals surface area contributed by atoms with Gasteiger partial charge in [-0.3, -0.25) is 9.69 Å². The van der Waals surface area contributed by atoms with E-state index in [1.165, 1.54) is 4.31 Å². The lowest BCUT2D eigenvalue weighted by atomic mass is 10.1. The summed E-state index contributed by atoms with van der Waals surface area (Å²) in [6.45, 7) is 1.82. The Morgan fingerprint density at radius 1 is 1.29 bits per heavy atom. The van der Waals surface area contributed by atoms with Crippen LogP contribution in [0.15, 0.2) is 30.3 Å². The fourth-order valence-corrected chi connectivity index (χ4v) is 3.44. The van der Waals surface area contributed by atoms with Gasteiger partial charge >= 0.3 is 5.97 Å². The van der Waals surface area contributed by atoms with Crippen LogP contribution < -0.4 is 0 Å². The Labute approximate surface area is 125 Å². The molecule has 1 fully saturated rings. The summed E-state index contributed by atoms with van der Waals surface area (Å²) in [6, 6.07) is 9.48. The van der Waals surface area contributed by atoms with Gasteiger partial charge in [0.2, 0.25) is 10.0 Å². The molecule has 0 saturated carbocycles. The molecule has 1 aromatic rings. The first kappa shape index (κ1) is 15.9. The van der Waals surface area contributed by atoms with Gasteiger partial charge in [0.1, 0.15) is 0 Å². The summed E-state index contributed by atoms with van der Waals surface area (Å²) < 4.78 is 24.6. The van der Waals surface area contributed by atoms with Gasteiger partial charge in [-0.2, -0.15) is 4.31 Å². The lowest BCUT2D eigenvalue weighted by molar-refractivity contribution is -0.139. The number of hydrogen-bond acceptors (Lipinski definition) is 4. The normalized spacial score (nSPS) is 21.3. The quantitative estimate of drug-likeness (QED) is 0.862. The van der Waals surface area contributed by atoms with Gasteiger partial charge in [0.25, 0.3) is 0 Å². The van der Waals surface area contributed by atoms with Gasteiger partial charge in [-0.1, -0.05) is 30.3 Å². The van der Waals surface area contributed by atoms with Gasteiger partial charge in [0.15, 0.2) is 0 Å². The molecule has 0 aromatic heterocycles. The second-order valence-electron chi connectivity index (χ2n) is 5.33. The molecule has 1 aromatic carbocycles. The topological polar surface area (TPSA) is 77.9 Å². The van der Waals surface area contributed by atoms with Gasteiger partial charge in [-0.15, -0.1) is 0 Å². The monoisotopic (exact) mass is 312 g/mol. The van der Waals surface area contributed by atoms with Crippen molar-refractivity contribution in [3.63, 3.8) is 0 Å². The fourth-order valence-electron chi connectivity index (χ4n) is 2.59. The number of carboxylic acid groups (broad SMARTS) is 1. The molecule has 0 bridgehead atoms. The van der Waals surface area contributed by atoms with Crippen molar-refractivity contribution >= 4 is 16.0 Å². The highest BCUT2D eigenvalue weighted by Gasteiger charge is 2.32. The van der Waals surface area contributed by atoms with Crippen LogP contribution in [0.2, 0.25) is 0 Å². The minimum Gasteiger partial charge on any atom is -0.481 e. The molecule has 0 amide bonds. The Morgan fingerprint density at radius 2 is 1.95 bits per heavy atom. The highest BCUT2D eigenvalue weighted by molar-refractivity contribution is 7.88. The predicted molar refractivity (Wildman–Crippen MR) is 79.3 cm³/mol. The third-order valence-corrected chi connectivity index (χ3v) is 4.94. The van der Waals surface area contributed by atoms with Crippen LogP contribution in [0.25, 0.3) is 0 Å². The Morgan fingerprint density at radius 3 is 2.52 bits per heavy atom.